The number of hydrogen-bond donors (Lipinski definition) is 2. The average molecular weight is 518 g/mol. The Bertz CT molecular complexity index is 1030. The first-order valence-electron chi connectivity index (χ1n) is 11.3. The van der Waals surface area contributed by atoms with Crippen LogP contribution in [0.15, 0.2) is 48.5 Å². The molecule has 5 nitrogen and oxygen atoms in total. The van der Waals surface area contributed by atoms with Crippen molar-refractivity contribution in [3.8, 4) is 0 Å². The minimum absolute atomic E-state index is 0.0242. The van der Waals surface area contributed by atoms with Crippen LogP contribution < -0.4 is 11.1 Å². The number of benzene rings is 2. The van der Waals surface area contributed by atoms with Gasteiger partial charge in [0.15, 0.2) is 0 Å². The molecule has 3 rings (SSSR count). The van der Waals surface area contributed by atoms with Gasteiger partial charge in [0.1, 0.15) is 0 Å². The maximum absolute atomic E-state index is 13.3. The van der Waals surface area contributed by atoms with Crippen LogP contribution in [0.1, 0.15) is 48.1 Å². The van der Waals surface area contributed by atoms with Gasteiger partial charge in [-0.1, -0.05) is 30.3 Å². The van der Waals surface area contributed by atoms with E-state index in [9.17, 15) is 31.1 Å². The highest BCUT2D eigenvalue weighted by atomic mass is 19.4. The van der Waals surface area contributed by atoms with E-state index in [-0.39, 0.29) is 30.8 Å². The predicted molar refractivity (Wildman–Crippen MR) is 122 cm³/mol. The molecule has 1 aliphatic rings. The number of amides is 2. The van der Waals surface area contributed by atoms with Crippen molar-refractivity contribution >= 4 is 6.03 Å². The molecule has 0 radical (unpaired) electrons. The van der Waals surface area contributed by atoms with Gasteiger partial charge in [-0.2, -0.15) is 26.3 Å². The second kappa shape index (κ2) is 9.93. The third-order valence-corrected chi connectivity index (χ3v) is 6.45. The molecule has 11 heteroatoms. The summed E-state index contributed by atoms with van der Waals surface area (Å²) in [5.41, 5.74) is 3.01. The molecular formula is C25H29F6N3O2. The van der Waals surface area contributed by atoms with Gasteiger partial charge in [0.05, 0.1) is 23.8 Å². The average Bonchev–Trinajstić information content (AvgIpc) is 2.78. The number of urea groups is 1. The van der Waals surface area contributed by atoms with Crippen molar-refractivity contribution in [2.45, 2.75) is 49.2 Å². The molecule has 0 heterocycles. The molecule has 198 valence electrons. The molecular weight excluding hydrogens is 488 g/mol. The Morgan fingerprint density at radius 1 is 1.03 bits per heavy atom. The molecule has 2 aromatic carbocycles. The fourth-order valence-electron chi connectivity index (χ4n) is 4.61. The summed E-state index contributed by atoms with van der Waals surface area (Å²) in [6.07, 6.45) is -10.1. The number of carbonyl (C=O) groups excluding carboxylic acids is 1. The van der Waals surface area contributed by atoms with Gasteiger partial charge in [-0.05, 0) is 49.1 Å². The highest BCUT2D eigenvalue weighted by Crippen LogP contribution is 2.50. The summed E-state index contributed by atoms with van der Waals surface area (Å²) in [5.74, 6) is 0. The van der Waals surface area contributed by atoms with Gasteiger partial charge in [-0.15, -0.1) is 0 Å². The van der Waals surface area contributed by atoms with Gasteiger partial charge in [-0.25, -0.2) is 4.79 Å². The first kappa shape index (κ1) is 27.8. The van der Waals surface area contributed by atoms with E-state index >= 15 is 0 Å². The monoisotopic (exact) mass is 517 g/mol. The molecule has 1 atom stereocenters. The maximum Gasteiger partial charge on any atom is 0.416 e. The molecule has 0 aromatic heterocycles. The molecule has 1 fully saturated rings. The van der Waals surface area contributed by atoms with Crippen LogP contribution in [-0.2, 0) is 22.5 Å². The van der Waals surface area contributed by atoms with Crippen LogP contribution in [0.2, 0.25) is 0 Å². The van der Waals surface area contributed by atoms with Gasteiger partial charge in [-0.3, -0.25) is 0 Å². The van der Waals surface area contributed by atoms with Gasteiger partial charge in [0.2, 0.25) is 0 Å². The second-order valence-corrected chi connectivity index (χ2v) is 9.71. The van der Waals surface area contributed by atoms with Gasteiger partial charge in [0, 0.05) is 31.6 Å². The molecule has 2 aromatic rings. The Kier molecular flexibility index (Phi) is 7.67. The largest absolute Gasteiger partial charge is 0.416 e. The van der Waals surface area contributed by atoms with E-state index in [0.29, 0.717) is 25.0 Å². The fraction of sp³-hybridized carbons (Fsp3) is 0.480. The summed E-state index contributed by atoms with van der Waals surface area (Å²) < 4.78 is 85.5. The highest BCUT2D eigenvalue weighted by molar-refractivity contribution is 5.73. The summed E-state index contributed by atoms with van der Waals surface area (Å²) in [5, 5.41) is 2.75. The summed E-state index contributed by atoms with van der Waals surface area (Å²) >= 11 is 0. The number of rotatable bonds is 7. The minimum Gasteiger partial charge on any atom is -0.373 e. The lowest BCUT2D eigenvalue weighted by molar-refractivity contribution is -0.143. The lowest BCUT2D eigenvalue weighted by Crippen LogP contribution is -2.66. The van der Waals surface area contributed by atoms with E-state index in [1.165, 1.54) is 11.8 Å². The van der Waals surface area contributed by atoms with Gasteiger partial charge < -0.3 is 20.7 Å². The second-order valence-electron chi connectivity index (χ2n) is 9.71. The summed E-state index contributed by atoms with van der Waals surface area (Å²) in [7, 11) is 3.20. The van der Waals surface area contributed by atoms with E-state index in [1.807, 2.05) is 30.3 Å². The zero-order chi connectivity index (χ0) is 26.9. The molecule has 0 saturated heterocycles. The van der Waals surface area contributed by atoms with Crippen molar-refractivity contribution in [2.24, 2.45) is 5.73 Å². The SMILES string of the molecule is C[C@@H](OCC1(c2ccccc2)CC(N)(CNC(=O)N(C)C)C1)c1cc(C(F)(F)F)cc(C(F)(F)F)c1. The van der Waals surface area contributed by atoms with Crippen LogP contribution in [-0.4, -0.2) is 43.7 Å². The molecule has 0 unspecified atom stereocenters. The lowest BCUT2D eigenvalue weighted by Gasteiger charge is -2.55. The van der Waals surface area contributed by atoms with Crippen molar-refractivity contribution < 1.29 is 35.9 Å². The van der Waals surface area contributed by atoms with Crippen molar-refractivity contribution in [3.63, 3.8) is 0 Å². The zero-order valence-corrected chi connectivity index (χ0v) is 20.1. The van der Waals surface area contributed by atoms with Crippen LogP contribution in [0.3, 0.4) is 0 Å². The number of nitrogens with zero attached hydrogens (tertiary/aromatic N) is 1. The molecule has 36 heavy (non-hydrogen) atoms. The van der Waals surface area contributed by atoms with E-state index in [2.05, 4.69) is 5.32 Å². The Balaban J connectivity index is 1.81. The van der Waals surface area contributed by atoms with E-state index in [0.717, 1.165) is 5.56 Å². The smallest absolute Gasteiger partial charge is 0.373 e. The molecule has 0 bridgehead atoms. The zero-order valence-electron chi connectivity index (χ0n) is 20.1. The van der Waals surface area contributed by atoms with Crippen LogP contribution in [0.25, 0.3) is 0 Å². The lowest BCUT2D eigenvalue weighted by atomic mass is 9.55. The molecule has 3 N–H and O–H groups in total. The number of halogens is 6. The van der Waals surface area contributed by atoms with Crippen LogP contribution in [0, 0.1) is 0 Å². The normalized spacial score (nSPS) is 23.1. The third kappa shape index (κ3) is 6.31. The van der Waals surface area contributed by atoms with Crippen LogP contribution in [0.4, 0.5) is 31.1 Å². The standard InChI is InChI=1S/C25H29F6N3O2/c1-16(17-9-19(24(26,27)28)11-20(10-17)25(29,30)31)36-15-22(18-7-5-4-6-8-18)12-23(32,13-22)14-33-21(35)34(2)3/h4-11,16H,12-15,32H2,1-3H3,(H,33,35)/t16-,22?,23?/m1/s1. The quantitative estimate of drug-likeness (QED) is 0.477. The number of nitrogens with one attached hydrogen (secondary N) is 1. The van der Waals surface area contributed by atoms with E-state index in [1.54, 1.807) is 14.1 Å². The van der Waals surface area contributed by atoms with Crippen molar-refractivity contribution in [3.05, 3.63) is 70.8 Å². The molecule has 1 saturated carbocycles. The van der Waals surface area contributed by atoms with Crippen LogP contribution >= 0.6 is 0 Å². The number of hydrogen-bond acceptors (Lipinski definition) is 3. The van der Waals surface area contributed by atoms with Crippen molar-refractivity contribution in [2.75, 3.05) is 27.2 Å². The molecule has 0 spiro atoms. The first-order valence-corrected chi connectivity index (χ1v) is 11.3. The molecule has 2 amide bonds. The van der Waals surface area contributed by atoms with Crippen LogP contribution in [0.5, 0.6) is 0 Å². The highest BCUT2D eigenvalue weighted by Gasteiger charge is 2.53. The first-order chi connectivity index (χ1) is 16.5. The summed E-state index contributed by atoms with van der Waals surface area (Å²) in [4.78, 5) is 13.3. The van der Waals surface area contributed by atoms with Crippen molar-refractivity contribution in [1.29, 1.82) is 0 Å². The Hall–Kier alpha value is -2.79. The Labute approximate surface area is 205 Å². The van der Waals surface area contributed by atoms with Gasteiger partial charge in [0.25, 0.3) is 0 Å². The summed E-state index contributed by atoms with van der Waals surface area (Å²) in [6, 6.07) is 10.4. The van der Waals surface area contributed by atoms with Crippen molar-refractivity contribution in [1.82, 2.24) is 10.2 Å². The molecule has 0 aliphatic heterocycles. The number of ether oxygens (including phenoxy) is 1. The Morgan fingerprint density at radius 3 is 2.03 bits per heavy atom. The minimum atomic E-state index is -4.94. The van der Waals surface area contributed by atoms with E-state index < -0.39 is 40.5 Å². The van der Waals surface area contributed by atoms with Gasteiger partial charge >= 0.3 is 18.4 Å². The summed E-state index contributed by atoms with van der Waals surface area (Å²) in [6.45, 7) is 1.65. The van der Waals surface area contributed by atoms with E-state index in [4.69, 9.17) is 10.5 Å². The predicted octanol–water partition coefficient (Wildman–Crippen LogP) is 5.50. The Morgan fingerprint density at radius 2 is 1.56 bits per heavy atom. The number of nitrogens with two attached hydrogens (primary N) is 1. The topological polar surface area (TPSA) is 67.6 Å². The number of alkyl halides is 6. The fourth-order valence-corrected chi connectivity index (χ4v) is 4.61. The third-order valence-electron chi connectivity index (χ3n) is 6.45. The number of carbonyl (C=O) groups is 1. The molecule has 1 aliphatic carbocycles. The maximum atomic E-state index is 13.3.